The van der Waals surface area contributed by atoms with Crippen LogP contribution in [0.3, 0.4) is 0 Å². The van der Waals surface area contributed by atoms with E-state index in [0.29, 0.717) is 5.25 Å². The van der Waals surface area contributed by atoms with E-state index in [1.165, 1.54) is 0 Å². The topological polar surface area (TPSA) is 26.0 Å². The van der Waals surface area contributed by atoms with Crippen molar-refractivity contribution in [2.75, 3.05) is 12.3 Å². The van der Waals surface area contributed by atoms with E-state index < -0.39 is 0 Å². The molecule has 0 aromatic carbocycles. The summed E-state index contributed by atoms with van der Waals surface area (Å²) in [6.07, 6.45) is 5.39. The SMILES string of the molecule is CC=CCSC(C)CCN. The molecular formula is C8H17NS. The van der Waals surface area contributed by atoms with Crippen LogP contribution in [-0.2, 0) is 0 Å². The lowest BCUT2D eigenvalue weighted by atomic mass is 10.3. The van der Waals surface area contributed by atoms with Gasteiger partial charge >= 0.3 is 0 Å². The second kappa shape index (κ2) is 7.16. The van der Waals surface area contributed by atoms with Gasteiger partial charge in [0.25, 0.3) is 0 Å². The summed E-state index contributed by atoms with van der Waals surface area (Å²) in [5.41, 5.74) is 5.40. The van der Waals surface area contributed by atoms with Gasteiger partial charge in [-0.1, -0.05) is 19.1 Å². The molecule has 60 valence electrons. The normalized spacial score (nSPS) is 14.3. The first-order valence-corrected chi connectivity index (χ1v) is 4.79. The van der Waals surface area contributed by atoms with E-state index in [2.05, 4.69) is 19.1 Å². The third-order valence-electron chi connectivity index (χ3n) is 1.29. The predicted octanol–water partition coefficient (Wildman–Crippen LogP) is 2.03. The molecule has 2 N–H and O–H groups in total. The molecular weight excluding hydrogens is 142 g/mol. The summed E-state index contributed by atoms with van der Waals surface area (Å²) < 4.78 is 0. The summed E-state index contributed by atoms with van der Waals surface area (Å²) in [5, 5.41) is 0.709. The Morgan fingerprint density at radius 3 is 2.80 bits per heavy atom. The van der Waals surface area contributed by atoms with E-state index in [9.17, 15) is 0 Å². The first-order chi connectivity index (χ1) is 4.81. The maximum atomic E-state index is 5.40. The Kier molecular flexibility index (Phi) is 7.20. The van der Waals surface area contributed by atoms with Gasteiger partial charge in [-0.2, -0.15) is 11.8 Å². The van der Waals surface area contributed by atoms with E-state index in [1.807, 2.05) is 18.7 Å². The second-order valence-corrected chi connectivity index (χ2v) is 3.76. The summed E-state index contributed by atoms with van der Waals surface area (Å²) in [7, 11) is 0. The highest BCUT2D eigenvalue weighted by molar-refractivity contribution is 8.00. The first-order valence-electron chi connectivity index (χ1n) is 3.74. The van der Waals surface area contributed by atoms with Crippen LogP contribution in [0.4, 0.5) is 0 Å². The van der Waals surface area contributed by atoms with E-state index in [4.69, 9.17) is 5.73 Å². The molecule has 0 aliphatic heterocycles. The molecule has 0 amide bonds. The summed E-state index contributed by atoms with van der Waals surface area (Å²) in [6.45, 7) is 5.08. The van der Waals surface area contributed by atoms with Crippen molar-refractivity contribution in [3.05, 3.63) is 12.2 Å². The number of allylic oxidation sites excluding steroid dienone is 1. The Bertz CT molecular complexity index is 91.3. The van der Waals surface area contributed by atoms with Crippen LogP contribution in [0.2, 0.25) is 0 Å². The molecule has 0 aromatic heterocycles. The molecule has 0 aliphatic rings. The van der Waals surface area contributed by atoms with Crippen molar-refractivity contribution < 1.29 is 0 Å². The van der Waals surface area contributed by atoms with Crippen molar-refractivity contribution in [1.82, 2.24) is 0 Å². The lowest BCUT2D eigenvalue weighted by Crippen LogP contribution is -2.07. The predicted molar refractivity (Wildman–Crippen MR) is 50.4 cm³/mol. The number of rotatable bonds is 5. The fourth-order valence-electron chi connectivity index (χ4n) is 0.634. The maximum absolute atomic E-state index is 5.40. The largest absolute Gasteiger partial charge is 0.330 e. The average Bonchev–Trinajstić information content (AvgIpc) is 1.89. The zero-order valence-electron chi connectivity index (χ0n) is 6.84. The highest BCUT2D eigenvalue weighted by atomic mass is 32.2. The minimum atomic E-state index is 0.709. The van der Waals surface area contributed by atoms with Crippen LogP contribution in [-0.4, -0.2) is 17.5 Å². The van der Waals surface area contributed by atoms with Crippen molar-refractivity contribution in [2.45, 2.75) is 25.5 Å². The van der Waals surface area contributed by atoms with Crippen LogP contribution < -0.4 is 5.73 Å². The third kappa shape index (κ3) is 6.17. The average molecular weight is 159 g/mol. The molecule has 10 heavy (non-hydrogen) atoms. The van der Waals surface area contributed by atoms with Gasteiger partial charge in [0.05, 0.1) is 0 Å². The molecule has 0 aromatic rings. The number of thioether (sulfide) groups is 1. The molecule has 0 saturated heterocycles. The molecule has 1 atom stereocenters. The first kappa shape index (κ1) is 10.0. The van der Waals surface area contributed by atoms with Crippen LogP contribution in [0.5, 0.6) is 0 Å². The Balaban J connectivity index is 3.12. The number of hydrogen-bond donors (Lipinski definition) is 1. The molecule has 0 spiro atoms. The van der Waals surface area contributed by atoms with Crippen LogP contribution in [0, 0.1) is 0 Å². The summed E-state index contributed by atoms with van der Waals surface area (Å²) in [5.74, 6) is 1.12. The van der Waals surface area contributed by atoms with Crippen molar-refractivity contribution in [2.24, 2.45) is 5.73 Å². The molecule has 1 nitrogen and oxygen atoms in total. The molecule has 0 rings (SSSR count). The van der Waals surface area contributed by atoms with Crippen molar-refractivity contribution in [3.63, 3.8) is 0 Å². The Morgan fingerprint density at radius 1 is 1.60 bits per heavy atom. The van der Waals surface area contributed by atoms with Gasteiger partial charge in [0.1, 0.15) is 0 Å². The molecule has 0 aliphatic carbocycles. The van der Waals surface area contributed by atoms with Gasteiger partial charge in [-0.25, -0.2) is 0 Å². The molecule has 1 unspecified atom stereocenters. The Labute approximate surface area is 68.1 Å². The van der Waals surface area contributed by atoms with Gasteiger partial charge in [0.15, 0.2) is 0 Å². The lowest BCUT2D eigenvalue weighted by Gasteiger charge is -2.06. The van der Waals surface area contributed by atoms with Crippen LogP contribution in [0.1, 0.15) is 20.3 Å². The van der Waals surface area contributed by atoms with Crippen LogP contribution in [0.15, 0.2) is 12.2 Å². The van der Waals surface area contributed by atoms with E-state index in [-0.39, 0.29) is 0 Å². The minimum absolute atomic E-state index is 0.709. The monoisotopic (exact) mass is 159 g/mol. The van der Waals surface area contributed by atoms with Crippen molar-refractivity contribution in [3.8, 4) is 0 Å². The van der Waals surface area contributed by atoms with Gasteiger partial charge in [0, 0.05) is 11.0 Å². The van der Waals surface area contributed by atoms with Gasteiger partial charge in [-0.05, 0) is 19.9 Å². The Hall–Kier alpha value is 0.0500. The summed E-state index contributed by atoms with van der Waals surface area (Å²) in [6, 6.07) is 0. The van der Waals surface area contributed by atoms with E-state index >= 15 is 0 Å². The van der Waals surface area contributed by atoms with Gasteiger partial charge in [-0.3, -0.25) is 0 Å². The third-order valence-corrected chi connectivity index (χ3v) is 2.48. The lowest BCUT2D eigenvalue weighted by molar-refractivity contribution is 0.824. The Morgan fingerprint density at radius 2 is 2.30 bits per heavy atom. The van der Waals surface area contributed by atoms with Crippen LogP contribution in [0.25, 0.3) is 0 Å². The van der Waals surface area contributed by atoms with Crippen molar-refractivity contribution in [1.29, 1.82) is 0 Å². The van der Waals surface area contributed by atoms with Gasteiger partial charge in [-0.15, -0.1) is 0 Å². The van der Waals surface area contributed by atoms with Gasteiger partial charge in [0.2, 0.25) is 0 Å². The van der Waals surface area contributed by atoms with Crippen molar-refractivity contribution >= 4 is 11.8 Å². The van der Waals surface area contributed by atoms with Gasteiger partial charge < -0.3 is 5.73 Å². The smallest absolute Gasteiger partial charge is 0.0115 e. The minimum Gasteiger partial charge on any atom is -0.330 e. The maximum Gasteiger partial charge on any atom is 0.0115 e. The second-order valence-electron chi connectivity index (χ2n) is 2.29. The quantitative estimate of drug-likeness (QED) is 0.621. The fourth-order valence-corrected chi connectivity index (χ4v) is 1.57. The molecule has 0 fully saturated rings. The molecule has 2 heteroatoms. The molecule has 0 heterocycles. The molecule has 0 saturated carbocycles. The summed E-state index contributed by atoms with van der Waals surface area (Å²) >= 11 is 1.96. The highest BCUT2D eigenvalue weighted by Crippen LogP contribution is 2.12. The zero-order chi connectivity index (χ0) is 7.82. The highest BCUT2D eigenvalue weighted by Gasteiger charge is 1.97. The molecule has 0 bridgehead atoms. The summed E-state index contributed by atoms with van der Waals surface area (Å²) in [4.78, 5) is 0. The van der Waals surface area contributed by atoms with E-state index in [0.717, 1.165) is 18.7 Å². The number of hydrogen-bond acceptors (Lipinski definition) is 2. The van der Waals surface area contributed by atoms with E-state index in [1.54, 1.807) is 0 Å². The zero-order valence-corrected chi connectivity index (χ0v) is 7.66. The van der Waals surface area contributed by atoms with Crippen LogP contribution >= 0.6 is 11.8 Å². The number of nitrogens with two attached hydrogens (primary N) is 1. The standard InChI is InChI=1S/C8H17NS/c1-3-4-7-10-8(2)5-6-9/h3-4,8H,5-7,9H2,1-2H3. The fraction of sp³-hybridized carbons (Fsp3) is 0.750. The molecule has 0 radical (unpaired) electrons.